The van der Waals surface area contributed by atoms with E-state index in [-0.39, 0.29) is 17.2 Å². The Morgan fingerprint density at radius 3 is 2.58 bits per heavy atom. The van der Waals surface area contributed by atoms with Gasteiger partial charge in [0.25, 0.3) is 11.5 Å². The van der Waals surface area contributed by atoms with Gasteiger partial charge in [0, 0.05) is 11.8 Å². The normalized spacial score (nSPS) is 10.4. The van der Waals surface area contributed by atoms with Gasteiger partial charge in [-0.25, -0.2) is 4.39 Å². The molecule has 2 aromatic carbocycles. The van der Waals surface area contributed by atoms with Crippen LogP contribution in [0.25, 0.3) is 5.69 Å². The quantitative estimate of drug-likeness (QED) is 0.749. The van der Waals surface area contributed by atoms with Gasteiger partial charge in [-0.1, -0.05) is 6.07 Å². The van der Waals surface area contributed by atoms with Crippen LogP contribution < -0.4 is 15.6 Å². The first-order valence-corrected chi connectivity index (χ1v) is 7.52. The third kappa shape index (κ3) is 3.54. The molecule has 0 unspecified atom stereocenters. The van der Waals surface area contributed by atoms with Crippen molar-refractivity contribution in [1.29, 1.82) is 0 Å². The molecule has 1 aromatic heterocycles. The van der Waals surface area contributed by atoms with Gasteiger partial charge >= 0.3 is 0 Å². The number of methoxy groups -OCH3 is 1. The van der Waals surface area contributed by atoms with Gasteiger partial charge in [-0.15, -0.1) is 0 Å². The molecule has 132 valence electrons. The number of carbonyl (C=O) groups is 1. The average Bonchev–Trinajstić information content (AvgIpc) is 2.62. The Kier molecular flexibility index (Phi) is 4.66. The molecular weight excluding hydrogens is 341 g/mol. The molecule has 0 saturated carbocycles. The first-order chi connectivity index (χ1) is 12.5. The maximum Gasteiger partial charge on any atom is 0.280 e. The number of hydrogen-bond donors (Lipinski definition) is 2. The first kappa shape index (κ1) is 17.2. The number of aromatic nitrogens is 2. The predicted octanol–water partition coefficient (Wildman–Crippen LogP) is 2.34. The van der Waals surface area contributed by atoms with E-state index in [0.29, 0.717) is 11.4 Å². The van der Waals surface area contributed by atoms with Crippen molar-refractivity contribution in [3.05, 3.63) is 76.5 Å². The van der Waals surface area contributed by atoms with Crippen LogP contribution in [0.1, 0.15) is 10.5 Å². The second kappa shape index (κ2) is 7.06. The van der Waals surface area contributed by atoms with Crippen molar-refractivity contribution >= 4 is 11.6 Å². The monoisotopic (exact) mass is 355 g/mol. The summed E-state index contributed by atoms with van der Waals surface area (Å²) in [4.78, 5) is 24.8. The topological polar surface area (TPSA) is 93.5 Å². The molecule has 0 saturated heterocycles. The number of phenolic OH excluding ortho intramolecular Hbond substituents is 1. The van der Waals surface area contributed by atoms with Crippen molar-refractivity contribution in [2.45, 2.75) is 0 Å². The van der Waals surface area contributed by atoms with Crippen LogP contribution in [0.3, 0.4) is 0 Å². The molecule has 3 rings (SSSR count). The highest BCUT2D eigenvalue weighted by atomic mass is 19.1. The molecule has 7 nitrogen and oxygen atoms in total. The number of ether oxygens (including phenoxy) is 1. The summed E-state index contributed by atoms with van der Waals surface area (Å²) in [5, 5.41) is 16.1. The third-order valence-corrected chi connectivity index (χ3v) is 3.51. The van der Waals surface area contributed by atoms with E-state index >= 15 is 0 Å². The number of aromatic hydroxyl groups is 1. The van der Waals surface area contributed by atoms with Crippen LogP contribution in [0.5, 0.6) is 11.5 Å². The minimum absolute atomic E-state index is 0.00832. The number of amides is 1. The summed E-state index contributed by atoms with van der Waals surface area (Å²) in [5.74, 6) is -1.12. The molecule has 26 heavy (non-hydrogen) atoms. The van der Waals surface area contributed by atoms with E-state index in [2.05, 4.69) is 10.4 Å². The number of rotatable bonds is 4. The van der Waals surface area contributed by atoms with Crippen LogP contribution in [0, 0.1) is 5.82 Å². The number of nitrogens with zero attached hydrogens (tertiary/aromatic N) is 2. The Morgan fingerprint density at radius 2 is 1.92 bits per heavy atom. The minimum atomic E-state index is -0.636. The van der Waals surface area contributed by atoms with E-state index in [9.17, 15) is 19.1 Å². The van der Waals surface area contributed by atoms with Gasteiger partial charge < -0.3 is 15.2 Å². The smallest absolute Gasteiger partial charge is 0.280 e. The van der Waals surface area contributed by atoms with E-state index in [1.54, 1.807) is 12.1 Å². The largest absolute Gasteiger partial charge is 0.508 e. The number of anilines is 1. The van der Waals surface area contributed by atoms with Crippen molar-refractivity contribution in [2.75, 3.05) is 12.4 Å². The summed E-state index contributed by atoms with van der Waals surface area (Å²) in [6.07, 6.45) is 0. The molecular formula is C18H14FN3O4. The van der Waals surface area contributed by atoms with Crippen LogP contribution >= 0.6 is 0 Å². The fourth-order valence-electron chi connectivity index (χ4n) is 2.29. The first-order valence-electron chi connectivity index (χ1n) is 7.52. The van der Waals surface area contributed by atoms with Gasteiger partial charge in [0.05, 0.1) is 18.9 Å². The second-order valence-electron chi connectivity index (χ2n) is 5.29. The second-order valence-corrected chi connectivity index (χ2v) is 5.29. The maximum absolute atomic E-state index is 13.1. The highest BCUT2D eigenvalue weighted by molar-refractivity contribution is 6.04. The molecule has 0 atom stereocenters. The Morgan fingerprint density at radius 1 is 1.19 bits per heavy atom. The van der Waals surface area contributed by atoms with Gasteiger partial charge in [0.1, 0.15) is 11.6 Å². The Labute approximate surface area is 147 Å². The van der Waals surface area contributed by atoms with Crippen LogP contribution in [0.2, 0.25) is 0 Å². The lowest BCUT2D eigenvalue weighted by molar-refractivity contribution is 0.101. The zero-order valence-corrected chi connectivity index (χ0v) is 13.6. The summed E-state index contributed by atoms with van der Waals surface area (Å²) < 4.78 is 19.1. The van der Waals surface area contributed by atoms with E-state index in [4.69, 9.17) is 4.74 Å². The van der Waals surface area contributed by atoms with Gasteiger partial charge in [-0.05, 0) is 36.4 Å². The number of carbonyl (C=O) groups excluding carboxylic acids is 1. The fourth-order valence-corrected chi connectivity index (χ4v) is 2.29. The third-order valence-electron chi connectivity index (χ3n) is 3.51. The van der Waals surface area contributed by atoms with Crippen LogP contribution in [-0.4, -0.2) is 27.9 Å². The standard InChI is InChI=1S/C18H14FN3O4/c1-26-15-10-16(24)22(13-7-5-11(19)6-8-13)21-17(15)18(25)20-12-3-2-4-14(23)9-12/h2-10,23H,1H3,(H,20,25). The molecule has 0 aliphatic heterocycles. The van der Waals surface area contributed by atoms with Crippen molar-refractivity contribution in [3.8, 4) is 17.2 Å². The van der Waals surface area contributed by atoms with Gasteiger partial charge in [0.2, 0.25) is 0 Å². The summed E-state index contributed by atoms with van der Waals surface area (Å²) in [6, 6.07) is 12.2. The maximum atomic E-state index is 13.1. The number of halogens is 1. The van der Waals surface area contributed by atoms with Crippen LogP contribution in [-0.2, 0) is 0 Å². The Hall–Kier alpha value is -3.68. The van der Waals surface area contributed by atoms with E-state index in [0.717, 1.165) is 10.7 Å². The predicted molar refractivity (Wildman–Crippen MR) is 92.4 cm³/mol. The molecule has 0 aliphatic rings. The van der Waals surface area contributed by atoms with Crippen molar-refractivity contribution < 1.29 is 19.0 Å². The molecule has 1 heterocycles. The lowest BCUT2D eigenvalue weighted by Crippen LogP contribution is -2.26. The minimum Gasteiger partial charge on any atom is -0.508 e. The van der Waals surface area contributed by atoms with Crippen LogP contribution in [0.15, 0.2) is 59.4 Å². The molecule has 3 aromatic rings. The van der Waals surface area contributed by atoms with Crippen molar-refractivity contribution in [3.63, 3.8) is 0 Å². The molecule has 0 fully saturated rings. The molecule has 2 N–H and O–H groups in total. The van der Waals surface area contributed by atoms with E-state index in [1.165, 1.54) is 43.5 Å². The van der Waals surface area contributed by atoms with E-state index in [1.807, 2.05) is 0 Å². The molecule has 0 aliphatic carbocycles. The SMILES string of the molecule is COc1cc(=O)n(-c2ccc(F)cc2)nc1C(=O)Nc1cccc(O)c1. The molecule has 1 amide bonds. The Bertz CT molecular complexity index is 1020. The fraction of sp³-hybridized carbons (Fsp3) is 0.0556. The lowest BCUT2D eigenvalue weighted by atomic mass is 10.2. The average molecular weight is 355 g/mol. The van der Waals surface area contributed by atoms with Crippen LogP contribution in [0.4, 0.5) is 10.1 Å². The van der Waals surface area contributed by atoms with E-state index < -0.39 is 17.3 Å². The van der Waals surface area contributed by atoms with Crippen molar-refractivity contribution in [1.82, 2.24) is 9.78 Å². The zero-order valence-electron chi connectivity index (χ0n) is 13.6. The number of nitrogens with one attached hydrogen (secondary N) is 1. The van der Waals surface area contributed by atoms with Crippen molar-refractivity contribution in [2.24, 2.45) is 0 Å². The number of hydrogen-bond acceptors (Lipinski definition) is 5. The number of phenols is 1. The number of benzene rings is 2. The van der Waals surface area contributed by atoms with Gasteiger partial charge in [-0.2, -0.15) is 9.78 Å². The molecule has 0 spiro atoms. The van der Waals surface area contributed by atoms with Gasteiger partial charge in [-0.3, -0.25) is 9.59 Å². The summed E-state index contributed by atoms with van der Waals surface area (Å²) in [6.45, 7) is 0. The molecule has 8 heteroatoms. The lowest BCUT2D eigenvalue weighted by Gasteiger charge is -2.11. The highest BCUT2D eigenvalue weighted by Crippen LogP contribution is 2.19. The van der Waals surface area contributed by atoms with Gasteiger partial charge in [0.15, 0.2) is 11.4 Å². The molecule has 0 radical (unpaired) electrons. The molecule has 0 bridgehead atoms. The zero-order chi connectivity index (χ0) is 18.7. The summed E-state index contributed by atoms with van der Waals surface area (Å²) in [5.41, 5.74) is -0.0361. The Balaban J connectivity index is 2.02. The highest BCUT2D eigenvalue weighted by Gasteiger charge is 2.18. The summed E-state index contributed by atoms with van der Waals surface area (Å²) in [7, 11) is 1.31. The summed E-state index contributed by atoms with van der Waals surface area (Å²) >= 11 is 0.